The summed E-state index contributed by atoms with van der Waals surface area (Å²) in [4.78, 5) is 10.6. The molecule has 0 unspecified atom stereocenters. The number of carbonyl (C=O) groups excluding carboxylic acids is 1. The summed E-state index contributed by atoms with van der Waals surface area (Å²) in [5.41, 5.74) is 0.574. The van der Waals surface area contributed by atoms with Crippen molar-refractivity contribution in [2.24, 2.45) is 0 Å². The molecule has 0 aromatic heterocycles. The molecule has 4 nitrogen and oxygen atoms in total. The first-order valence-electron chi connectivity index (χ1n) is 4.83. The Balaban J connectivity index is 2.79. The van der Waals surface area contributed by atoms with Gasteiger partial charge in [0.15, 0.2) is 0 Å². The molecule has 0 aliphatic heterocycles. The number of rotatable bonds is 4. The van der Waals surface area contributed by atoms with Crippen LogP contribution in [-0.4, -0.2) is 21.0 Å². The van der Waals surface area contributed by atoms with Crippen molar-refractivity contribution in [2.45, 2.75) is 11.8 Å². The molecule has 0 aliphatic carbocycles. The Bertz CT molecular complexity index is 517. The molecular formula is C11H11FO4S. The lowest BCUT2D eigenvalue weighted by atomic mass is 10.2. The standard InChI is InChI=1S/C11H11FO4S/c1-2-16-11(13)8-5-9-3-6-10(7-4-9)17(12,14)15/h3-8H,2H2,1H3/b8-5+. The fraction of sp³-hybridized carbons (Fsp3) is 0.182. The van der Waals surface area contributed by atoms with Gasteiger partial charge in [0.2, 0.25) is 0 Å². The molecule has 0 atom stereocenters. The van der Waals surface area contributed by atoms with Gasteiger partial charge >= 0.3 is 16.2 Å². The largest absolute Gasteiger partial charge is 0.463 e. The zero-order valence-corrected chi connectivity index (χ0v) is 9.91. The molecule has 0 aliphatic rings. The molecule has 0 saturated carbocycles. The fourth-order valence-electron chi connectivity index (χ4n) is 1.10. The number of ether oxygens (including phenoxy) is 1. The minimum Gasteiger partial charge on any atom is -0.463 e. The molecule has 0 amide bonds. The second-order valence-electron chi connectivity index (χ2n) is 3.09. The highest BCUT2D eigenvalue weighted by molar-refractivity contribution is 7.86. The van der Waals surface area contributed by atoms with E-state index in [0.717, 1.165) is 12.1 Å². The summed E-state index contributed by atoms with van der Waals surface area (Å²) in [5, 5.41) is 0. The summed E-state index contributed by atoms with van der Waals surface area (Å²) in [6.45, 7) is 1.97. The Morgan fingerprint density at radius 2 is 1.94 bits per heavy atom. The second-order valence-corrected chi connectivity index (χ2v) is 4.44. The Labute approximate surface area is 98.9 Å². The maximum absolute atomic E-state index is 12.5. The summed E-state index contributed by atoms with van der Waals surface area (Å²) in [7, 11) is -4.68. The summed E-state index contributed by atoms with van der Waals surface area (Å²) in [5.74, 6) is -0.491. The first-order valence-corrected chi connectivity index (χ1v) is 6.21. The number of benzene rings is 1. The van der Waals surface area contributed by atoms with Crippen molar-refractivity contribution >= 4 is 22.3 Å². The van der Waals surface area contributed by atoms with Crippen molar-refractivity contribution in [3.05, 3.63) is 35.9 Å². The van der Waals surface area contributed by atoms with E-state index in [1.54, 1.807) is 6.92 Å². The van der Waals surface area contributed by atoms with Crippen molar-refractivity contribution in [3.8, 4) is 0 Å². The first-order chi connectivity index (χ1) is 7.93. The smallest absolute Gasteiger partial charge is 0.332 e. The van der Waals surface area contributed by atoms with E-state index >= 15 is 0 Å². The van der Waals surface area contributed by atoms with Gasteiger partial charge in [-0.15, -0.1) is 3.89 Å². The molecule has 6 heteroatoms. The van der Waals surface area contributed by atoms with E-state index in [9.17, 15) is 17.1 Å². The van der Waals surface area contributed by atoms with Crippen molar-refractivity contribution in [1.29, 1.82) is 0 Å². The normalized spacial score (nSPS) is 11.6. The Kier molecular flexibility index (Phi) is 4.39. The zero-order chi connectivity index (χ0) is 12.9. The maximum atomic E-state index is 12.5. The highest BCUT2D eigenvalue weighted by Crippen LogP contribution is 2.13. The van der Waals surface area contributed by atoms with Crippen LogP contribution in [0.5, 0.6) is 0 Å². The summed E-state index contributed by atoms with van der Waals surface area (Å²) < 4.78 is 38.3. The van der Waals surface area contributed by atoms with Gasteiger partial charge in [-0.2, -0.15) is 8.42 Å². The molecule has 1 aromatic rings. The van der Waals surface area contributed by atoms with Crippen molar-refractivity contribution < 1.29 is 21.8 Å². The molecule has 1 aromatic carbocycles. The van der Waals surface area contributed by atoms with Gasteiger partial charge in [0.25, 0.3) is 0 Å². The molecule has 0 bridgehead atoms. The fourth-order valence-corrected chi connectivity index (χ4v) is 1.56. The minimum atomic E-state index is -4.68. The zero-order valence-electron chi connectivity index (χ0n) is 9.09. The van der Waals surface area contributed by atoms with Gasteiger partial charge in [-0.25, -0.2) is 4.79 Å². The maximum Gasteiger partial charge on any atom is 0.332 e. The summed E-state index contributed by atoms with van der Waals surface area (Å²) >= 11 is 0. The lowest BCUT2D eigenvalue weighted by Crippen LogP contribution is -1.98. The highest BCUT2D eigenvalue weighted by atomic mass is 32.3. The number of carbonyl (C=O) groups is 1. The van der Waals surface area contributed by atoms with E-state index in [2.05, 4.69) is 4.74 Å². The van der Waals surface area contributed by atoms with Crippen LogP contribution in [0.4, 0.5) is 3.89 Å². The van der Waals surface area contributed by atoms with E-state index < -0.39 is 21.1 Å². The monoisotopic (exact) mass is 258 g/mol. The van der Waals surface area contributed by atoms with E-state index in [0.29, 0.717) is 5.56 Å². The van der Waals surface area contributed by atoms with Gasteiger partial charge in [-0.3, -0.25) is 0 Å². The van der Waals surface area contributed by atoms with Gasteiger partial charge in [0.05, 0.1) is 11.5 Å². The third-order valence-electron chi connectivity index (χ3n) is 1.86. The third-order valence-corrected chi connectivity index (χ3v) is 2.70. The number of halogens is 1. The predicted molar refractivity (Wildman–Crippen MR) is 60.4 cm³/mol. The second kappa shape index (κ2) is 5.58. The van der Waals surface area contributed by atoms with Crippen LogP contribution >= 0.6 is 0 Å². The molecule has 0 fully saturated rings. The predicted octanol–water partition coefficient (Wildman–Crippen LogP) is 1.92. The molecule has 0 N–H and O–H groups in total. The van der Waals surface area contributed by atoms with Crippen LogP contribution in [0.3, 0.4) is 0 Å². The van der Waals surface area contributed by atoms with Gasteiger partial charge in [0.1, 0.15) is 0 Å². The van der Waals surface area contributed by atoms with E-state index in [4.69, 9.17) is 0 Å². The van der Waals surface area contributed by atoms with Crippen LogP contribution < -0.4 is 0 Å². The summed E-state index contributed by atoms with van der Waals surface area (Å²) in [6.07, 6.45) is 2.66. The molecule has 1 rings (SSSR count). The average Bonchev–Trinajstić information content (AvgIpc) is 2.26. The van der Waals surface area contributed by atoms with Crippen LogP contribution in [0.25, 0.3) is 6.08 Å². The quantitative estimate of drug-likeness (QED) is 0.470. The Hall–Kier alpha value is -1.69. The average molecular weight is 258 g/mol. The van der Waals surface area contributed by atoms with E-state index in [-0.39, 0.29) is 6.61 Å². The van der Waals surface area contributed by atoms with Crippen LogP contribution in [-0.2, 0) is 19.8 Å². The minimum absolute atomic E-state index is 0.280. The molecule has 17 heavy (non-hydrogen) atoms. The van der Waals surface area contributed by atoms with Crippen molar-refractivity contribution in [1.82, 2.24) is 0 Å². The van der Waals surface area contributed by atoms with E-state index in [1.165, 1.54) is 24.3 Å². The molecule has 92 valence electrons. The molecule has 0 radical (unpaired) electrons. The van der Waals surface area contributed by atoms with Crippen LogP contribution in [0, 0.1) is 0 Å². The SMILES string of the molecule is CCOC(=O)/C=C/c1ccc(S(=O)(=O)F)cc1. The van der Waals surface area contributed by atoms with Crippen molar-refractivity contribution in [3.63, 3.8) is 0 Å². The van der Waals surface area contributed by atoms with Crippen molar-refractivity contribution in [2.75, 3.05) is 6.61 Å². The summed E-state index contributed by atoms with van der Waals surface area (Å²) in [6, 6.07) is 5.03. The molecule has 0 saturated heterocycles. The highest BCUT2D eigenvalue weighted by Gasteiger charge is 2.10. The lowest BCUT2D eigenvalue weighted by molar-refractivity contribution is -0.137. The first kappa shape index (κ1) is 13.4. The molecular weight excluding hydrogens is 247 g/mol. The lowest BCUT2D eigenvalue weighted by Gasteiger charge is -1.97. The molecule has 0 spiro atoms. The van der Waals surface area contributed by atoms with Gasteiger partial charge in [-0.05, 0) is 30.7 Å². The van der Waals surface area contributed by atoms with Crippen LogP contribution in [0.1, 0.15) is 12.5 Å². The number of hydrogen-bond acceptors (Lipinski definition) is 4. The van der Waals surface area contributed by atoms with Crippen LogP contribution in [0.15, 0.2) is 35.2 Å². The van der Waals surface area contributed by atoms with Gasteiger partial charge < -0.3 is 4.74 Å². The van der Waals surface area contributed by atoms with E-state index in [1.807, 2.05) is 0 Å². The van der Waals surface area contributed by atoms with Crippen LogP contribution in [0.2, 0.25) is 0 Å². The van der Waals surface area contributed by atoms with Gasteiger partial charge in [-0.1, -0.05) is 12.1 Å². The molecule has 0 heterocycles. The number of hydrogen-bond donors (Lipinski definition) is 0. The van der Waals surface area contributed by atoms with Gasteiger partial charge in [0, 0.05) is 6.08 Å². The Morgan fingerprint density at radius 1 is 1.35 bits per heavy atom. The number of esters is 1. The Morgan fingerprint density at radius 3 is 2.41 bits per heavy atom. The third kappa shape index (κ3) is 4.36. The topological polar surface area (TPSA) is 60.4 Å².